The van der Waals surface area contributed by atoms with Crippen molar-refractivity contribution >= 4 is 43.4 Å². The van der Waals surface area contributed by atoms with Crippen molar-refractivity contribution in [1.29, 1.82) is 0 Å². The summed E-state index contributed by atoms with van der Waals surface area (Å²) in [5, 5.41) is 7.74. The van der Waals surface area contributed by atoms with E-state index in [0.29, 0.717) is 0 Å². The molecule has 0 aliphatic rings. The minimum absolute atomic E-state index is 0.0446. The Balaban J connectivity index is 1.49. The number of hydrogen-bond donors (Lipinski definition) is 0. The number of fused-ring (bicyclic) bond motifs is 8. The molecule has 0 spiro atoms. The maximum Gasteiger partial charge on any atom is 0.0625 e. The van der Waals surface area contributed by atoms with E-state index in [1.54, 1.807) is 0 Å². The molecule has 1 heteroatoms. The van der Waals surface area contributed by atoms with Crippen molar-refractivity contribution in [3.8, 4) is 27.9 Å². The first-order valence-corrected chi connectivity index (χ1v) is 15.1. The number of aromatic nitrogens is 1. The number of benzene rings is 7. The first-order chi connectivity index (χ1) is 21.0. The van der Waals surface area contributed by atoms with Gasteiger partial charge in [0, 0.05) is 21.8 Å². The molecule has 8 aromatic rings. The van der Waals surface area contributed by atoms with Crippen LogP contribution in [-0.2, 0) is 5.41 Å². The highest BCUT2D eigenvalue weighted by molar-refractivity contribution is 6.32. The van der Waals surface area contributed by atoms with Crippen molar-refractivity contribution in [3.63, 3.8) is 0 Å². The zero-order valence-electron chi connectivity index (χ0n) is 24.8. The van der Waals surface area contributed by atoms with Crippen molar-refractivity contribution in [1.82, 2.24) is 4.57 Å². The van der Waals surface area contributed by atoms with Crippen LogP contribution in [0, 0.1) is 0 Å². The standard InChI is InChI=1S/C42H33N/c1-42(2,3)38-20-12-11-15-32(38)30-23-26-39-37(27-30)40-35-18-9-7-16-33(35)34-17-8-10-19-36(34)41(40)43(39)31-24-21-29(22-25-31)28-13-5-4-6-14-28/h4-27H,1-3H3. The van der Waals surface area contributed by atoms with E-state index in [1.807, 2.05) is 0 Å². The van der Waals surface area contributed by atoms with E-state index >= 15 is 0 Å². The number of nitrogens with zero attached hydrogens (tertiary/aromatic N) is 1. The van der Waals surface area contributed by atoms with E-state index in [0.717, 1.165) is 0 Å². The van der Waals surface area contributed by atoms with Crippen molar-refractivity contribution < 1.29 is 0 Å². The summed E-state index contributed by atoms with van der Waals surface area (Å²) >= 11 is 0. The Morgan fingerprint density at radius 2 is 1.00 bits per heavy atom. The largest absolute Gasteiger partial charge is 0.309 e. The van der Waals surface area contributed by atoms with Crippen molar-refractivity contribution in [2.24, 2.45) is 0 Å². The van der Waals surface area contributed by atoms with E-state index in [9.17, 15) is 0 Å². The molecule has 0 aliphatic carbocycles. The molecule has 206 valence electrons. The summed E-state index contributed by atoms with van der Waals surface area (Å²) < 4.78 is 2.48. The Kier molecular flexibility index (Phi) is 5.77. The van der Waals surface area contributed by atoms with Crippen LogP contribution in [0.4, 0.5) is 0 Å². The lowest BCUT2D eigenvalue weighted by molar-refractivity contribution is 0.592. The molecule has 0 unspecified atom stereocenters. The minimum Gasteiger partial charge on any atom is -0.309 e. The second kappa shape index (κ2) is 9.71. The molecule has 0 amide bonds. The van der Waals surface area contributed by atoms with E-state index in [2.05, 4.69) is 171 Å². The Bertz CT molecular complexity index is 2300. The van der Waals surface area contributed by atoms with E-state index in [1.165, 1.54) is 76.9 Å². The molecule has 8 rings (SSSR count). The van der Waals surface area contributed by atoms with Gasteiger partial charge in [0.25, 0.3) is 0 Å². The minimum atomic E-state index is 0.0446. The first kappa shape index (κ1) is 25.6. The highest BCUT2D eigenvalue weighted by Crippen LogP contribution is 2.44. The third-order valence-corrected chi connectivity index (χ3v) is 8.91. The Morgan fingerprint density at radius 3 is 1.72 bits per heavy atom. The third-order valence-electron chi connectivity index (χ3n) is 8.91. The second-order valence-electron chi connectivity index (χ2n) is 12.6. The highest BCUT2D eigenvalue weighted by Gasteiger charge is 2.22. The summed E-state index contributed by atoms with van der Waals surface area (Å²) in [7, 11) is 0. The number of hydrogen-bond acceptors (Lipinski definition) is 0. The van der Waals surface area contributed by atoms with Crippen LogP contribution in [0.3, 0.4) is 0 Å². The van der Waals surface area contributed by atoms with Gasteiger partial charge < -0.3 is 4.57 Å². The predicted octanol–water partition coefficient (Wildman–Crippen LogP) is 11.7. The Morgan fingerprint density at radius 1 is 0.442 bits per heavy atom. The van der Waals surface area contributed by atoms with Crippen LogP contribution in [-0.4, -0.2) is 4.57 Å². The molecule has 0 N–H and O–H groups in total. The fourth-order valence-corrected chi connectivity index (χ4v) is 6.94. The lowest BCUT2D eigenvalue weighted by Crippen LogP contribution is -2.12. The third kappa shape index (κ3) is 4.07. The zero-order valence-corrected chi connectivity index (χ0v) is 24.8. The summed E-state index contributed by atoms with van der Waals surface area (Å²) in [5.41, 5.74) is 10.1. The molecular weight excluding hydrogens is 518 g/mol. The van der Waals surface area contributed by atoms with Crippen LogP contribution in [0.5, 0.6) is 0 Å². The quantitative estimate of drug-likeness (QED) is 0.192. The molecule has 0 radical (unpaired) electrons. The molecule has 0 saturated heterocycles. The van der Waals surface area contributed by atoms with Crippen LogP contribution in [0.25, 0.3) is 71.3 Å². The van der Waals surface area contributed by atoms with Gasteiger partial charge in [0.2, 0.25) is 0 Å². The lowest BCUT2D eigenvalue weighted by atomic mass is 9.81. The van der Waals surface area contributed by atoms with Crippen LogP contribution in [0.15, 0.2) is 146 Å². The summed E-state index contributed by atoms with van der Waals surface area (Å²) in [4.78, 5) is 0. The maximum atomic E-state index is 2.48. The summed E-state index contributed by atoms with van der Waals surface area (Å²) in [5.74, 6) is 0. The van der Waals surface area contributed by atoms with Gasteiger partial charge in [-0.3, -0.25) is 0 Å². The second-order valence-corrected chi connectivity index (χ2v) is 12.6. The van der Waals surface area contributed by atoms with Gasteiger partial charge in [-0.15, -0.1) is 0 Å². The molecule has 1 aromatic heterocycles. The monoisotopic (exact) mass is 551 g/mol. The molecule has 0 fully saturated rings. The van der Waals surface area contributed by atoms with Gasteiger partial charge in [-0.25, -0.2) is 0 Å². The van der Waals surface area contributed by atoms with Gasteiger partial charge >= 0.3 is 0 Å². The van der Waals surface area contributed by atoms with Gasteiger partial charge in [0.05, 0.1) is 11.0 Å². The Hall–Kier alpha value is -5.14. The van der Waals surface area contributed by atoms with Crippen molar-refractivity contribution in [3.05, 3.63) is 151 Å². The fraction of sp³-hybridized carbons (Fsp3) is 0.0952. The van der Waals surface area contributed by atoms with Gasteiger partial charge in [0.15, 0.2) is 0 Å². The smallest absolute Gasteiger partial charge is 0.0625 e. The topological polar surface area (TPSA) is 4.93 Å². The molecule has 1 heterocycles. The van der Waals surface area contributed by atoms with Crippen molar-refractivity contribution in [2.45, 2.75) is 26.2 Å². The van der Waals surface area contributed by atoms with Gasteiger partial charge in [0.1, 0.15) is 0 Å². The number of rotatable bonds is 3. The van der Waals surface area contributed by atoms with Crippen LogP contribution >= 0.6 is 0 Å². The first-order valence-electron chi connectivity index (χ1n) is 15.1. The van der Waals surface area contributed by atoms with E-state index in [-0.39, 0.29) is 5.41 Å². The van der Waals surface area contributed by atoms with Crippen LogP contribution in [0.1, 0.15) is 26.3 Å². The fourth-order valence-electron chi connectivity index (χ4n) is 6.94. The molecule has 43 heavy (non-hydrogen) atoms. The highest BCUT2D eigenvalue weighted by atomic mass is 15.0. The molecular formula is C42H33N. The average Bonchev–Trinajstić information content (AvgIpc) is 3.40. The molecule has 1 nitrogen and oxygen atoms in total. The van der Waals surface area contributed by atoms with E-state index < -0.39 is 0 Å². The summed E-state index contributed by atoms with van der Waals surface area (Å²) in [6.45, 7) is 6.90. The molecule has 0 aliphatic heterocycles. The zero-order chi connectivity index (χ0) is 29.1. The molecule has 7 aromatic carbocycles. The van der Waals surface area contributed by atoms with E-state index in [4.69, 9.17) is 0 Å². The Labute approximate surface area is 252 Å². The molecule has 0 bridgehead atoms. The normalized spacial score (nSPS) is 12.1. The summed E-state index contributed by atoms with van der Waals surface area (Å²) in [6, 6.07) is 53.4. The predicted molar refractivity (Wildman–Crippen MR) is 185 cm³/mol. The van der Waals surface area contributed by atoms with Crippen LogP contribution in [0.2, 0.25) is 0 Å². The maximum absolute atomic E-state index is 2.48. The van der Waals surface area contributed by atoms with Gasteiger partial charge in [-0.05, 0) is 73.7 Å². The lowest BCUT2D eigenvalue weighted by Gasteiger charge is -2.23. The molecule has 0 saturated carbocycles. The van der Waals surface area contributed by atoms with Crippen molar-refractivity contribution in [2.75, 3.05) is 0 Å². The average molecular weight is 552 g/mol. The summed E-state index contributed by atoms with van der Waals surface area (Å²) in [6.07, 6.45) is 0. The SMILES string of the molecule is CC(C)(C)c1ccccc1-c1ccc2c(c1)c1c3ccccc3c3ccccc3c1n2-c1ccc(-c2ccccc2)cc1. The van der Waals surface area contributed by atoms with Crippen LogP contribution < -0.4 is 0 Å². The molecule has 0 atom stereocenters. The van der Waals surface area contributed by atoms with Gasteiger partial charge in [-0.1, -0.05) is 142 Å². The van der Waals surface area contributed by atoms with Gasteiger partial charge in [-0.2, -0.15) is 0 Å².